The van der Waals surface area contributed by atoms with E-state index in [4.69, 9.17) is 11.0 Å². The Hall–Kier alpha value is -3.42. The molecule has 188 valence electrons. The van der Waals surface area contributed by atoms with Gasteiger partial charge in [0, 0.05) is 28.3 Å². The Kier molecular flexibility index (Phi) is 5.66. The van der Waals surface area contributed by atoms with Crippen molar-refractivity contribution in [3.05, 3.63) is 76.1 Å². The van der Waals surface area contributed by atoms with Crippen LogP contribution in [0.5, 0.6) is 0 Å². The Bertz CT molecular complexity index is 1790. The average Bonchev–Trinajstić information content (AvgIpc) is 3.18. The first-order chi connectivity index (χ1) is 17.2. The first-order valence-corrected chi connectivity index (χ1v) is 16.6. The number of benzene rings is 3. The number of rotatable bonds is 2. The van der Waals surface area contributed by atoms with E-state index in [-0.39, 0.29) is 5.41 Å². The maximum absolute atomic E-state index is 7.57. The molecule has 0 spiro atoms. The summed E-state index contributed by atoms with van der Waals surface area (Å²) in [6, 6.07) is 15.7. The number of hydrogen-bond acceptors (Lipinski definition) is 1. The van der Waals surface area contributed by atoms with Gasteiger partial charge in [-0.2, -0.15) is 4.57 Å². The Labute approximate surface area is 221 Å². The van der Waals surface area contributed by atoms with Crippen LogP contribution in [0.1, 0.15) is 43.0 Å². The van der Waals surface area contributed by atoms with Gasteiger partial charge in [0.1, 0.15) is 18.2 Å². The Balaban J connectivity index is 1.97. The van der Waals surface area contributed by atoms with E-state index in [1.54, 1.807) is 0 Å². The Morgan fingerprint density at radius 2 is 1.51 bits per heavy atom. The van der Waals surface area contributed by atoms with Crippen LogP contribution in [0, 0.1) is 27.3 Å². The summed E-state index contributed by atoms with van der Waals surface area (Å²) >= 11 is 0. The lowest BCUT2D eigenvalue weighted by Gasteiger charge is -2.23. The van der Waals surface area contributed by atoms with E-state index < -0.39 is 8.07 Å². The van der Waals surface area contributed by atoms with Gasteiger partial charge in [-0.05, 0) is 65.8 Å². The molecule has 0 radical (unpaired) electrons. The Morgan fingerprint density at radius 1 is 0.838 bits per heavy atom. The van der Waals surface area contributed by atoms with E-state index >= 15 is 0 Å². The number of aryl methyl sites for hydroxylation is 3. The van der Waals surface area contributed by atoms with E-state index in [0.717, 1.165) is 33.1 Å². The maximum atomic E-state index is 7.57. The van der Waals surface area contributed by atoms with Crippen molar-refractivity contribution in [2.24, 2.45) is 7.05 Å². The summed E-state index contributed by atoms with van der Waals surface area (Å²) in [4.78, 5) is 3.71. The van der Waals surface area contributed by atoms with Crippen LogP contribution in [0.3, 0.4) is 0 Å². The zero-order valence-electron chi connectivity index (χ0n) is 23.8. The van der Waals surface area contributed by atoms with Gasteiger partial charge in [0.15, 0.2) is 5.69 Å². The molecular formula is C33H37N2OSi+. The van der Waals surface area contributed by atoms with Gasteiger partial charge in [-0.3, -0.25) is 0 Å². The molecule has 0 unspecified atom stereocenters. The van der Waals surface area contributed by atoms with Crippen molar-refractivity contribution < 1.29 is 8.98 Å². The molecule has 0 amide bonds. The summed E-state index contributed by atoms with van der Waals surface area (Å²) in [7, 11) is 0.514. The maximum Gasteiger partial charge on any atom is 0.216 e. The molecule has 0 N–H and O–H groups in total. The molecule has 0 bridgehead atoms. The minimum absolute atomic E-state index is 0.0694. The van der Waals surface area contributed by atoms with Crippen molar-refractivity contribution in [2.45, 2.75) is 66.6 Å². The van der Waals surface area contributed by atoms with Gasteiger partial charge in [0.25, 0.3) is 0 Å². The largest absolute Gasteiger partial charge is 0.456 e. The van der Waals surface area contributed by atoms with E-state index in [0.29, 0.717) is 5.69 Å². The van der Waals surface area contributed by atoms with Gasteiger partial charge in [0.05, 0.1) is 20.2 Å². The number of fused-ring (bicyclic) bond motifs is 4. The highest BCUT2D eigenvalue weighted by Gasteiger charge is 2.30. The van der Waals surface area contributed by atoms with Gasteiger partial charge in [-0.25, -0.2) is 4.85 Å². The number of aromatic nitrogens is 1. The molecule has 0 aliphatic carbocycles. The van der Waals surface area contributed by atoms with Crippen molar-refractivity contribution in [1.29, 1.82) is 0 Å². The lowest BCUT2D eigenvalue weighted by atomic mass is 9.86. The predicted octanol–water partition coefficient (Wildman–Crippen LogP) is 8.55. The smallest absolute Gasteiger partial charge is 0.216 e. The van der Waals surface area contributed by atoms with Crippen LogP contribution in [0.15, 0.2) is 46.9 Å². The van der Waals surface area contributed by atoms with Crippen molar-refractivity contribution in [3.63, 3.8) is 0 Å². The third-order valence-corrected chi connectivity index (χ3v) is 10.0. The second kappa shape index (κ2) is 8.30. The third-order valence-electron chi connectivity index (χ3n) is 8.01. The molecule has 5 rings (SSSR count). The first kappa shape index (κ1) is 25.2. The lowest BCUT2D eigenvalue weighted by molar-refractivity contribution is -0.633. The molecule has 5 aromatic rings. The monoisotopic (exact) mass is 505 g/mol. The average molecular weight is 506 g/mol. The zero-order chi connectivity index (χ0) is 27.0. The van der Waals surface area contributed by atoms with Crippen LogP contribution >= 0.6 is 0 Å². The SMILES string of the molecule is [C-]#[N+]c1ccc2c(oc3c(-c4cc([Si](C)(C)C)c5ccc(C(C)(C)C)cc5[n+]4C)c(C)c(C)cc32)c1C. The van der Waals surface area contributed by atoms with Crippen molar-refractivity contribution in [2.75, 3.05) is 0 Å². The van der Waals surface area contributed by atoms with Gasteiger partial charge in [0.2, 0.25) is 11.2 Å². The predicted molar refractivity (Wildman–Crippen MR) is 160 cm³/mol. The molecule has 37 heavy (non-hydrogen) atoms. The van der Waals surface area contributed by atoms with Crippen LogP contribution in [0.2, 0.25) is 19.6 Å². The van der Waals surface area contributed by atoms with E-state index in [1.165, 1.54) is 38.5 Å². The first-order valence-electron chi connectivity index (χ1n) is 13.1. The van der Waals surface area contributed by atoms with Crippen molar-refractivity contribution in [1.82, 2.24) is 0 Å². The molecule has 0 saturated carbocycles. The van der Waals surface area contributed by atoms with Gasteiger partial charge < -0.3 is 4.42 Å². The summed E-state index contributed by atoms with van der Waals surface area (Å²) in [5.74, 6) is 0. The molecule has 2 aromatic heterocycles. The number of pyridine rings is 1. The van der Waals surface area contributed by atoms with Gasteiger partial charge in [-0.15, -0.1) is 0 Å². The highest BCUT2D eigenvalue weighted by Crippen LogP contribution is 2.41. The quantitative estimate of drug-likeness (QED) is 0.134. The summed E-state index contributed by atoms with van der Waals surface area (Å²) in [6.45, 7) is 28.1. The second-order valence-electron chi connectivity index (χ2n) is 12.6. The fourth-order valence-corrected chi connectivity index (χ4v) is 7.15. The highest BCUT2D eigenvalue weighted by atomic mass is 28.3. The molecule has 0 atom stereocenters. The molecule has 0 saturated heterocycles. The number of hydrogen-bond donors (Lipinski definition) is 0. The summed E-state index contributed by atoms with van der Waals surface area (Å²) < 4.78 is 9.03. The summed E-state index contributed by atoms with van der Waals surface area (Å²) in [5.41, 5.74) is 10.8. The standard InChI is InChI=1S/C33H37N2OSi/c1-19-16-25-23-14-15-26(34-7)21(3)31(23)36-32(25)30(20(19)2)28-18-29(37(9,10)11)24-13-12-22(33(4,5)6)17-27(24)35(28)8/h12-18H,1-6,8-11H3/q+1. The van der Waals surface area contributed by atoms with Crippen LogP contribution < -0.4 is 9.75 Å². The van der Waals surface area contributed by atoms with Gasteiger partial charge >= 0.3 is 0 Å². The summed E-state index contributed by atoms with van der Waals surface area (Å²) in [5, 5.41) is 5.01. The molecule has 0 aliphatic rings. The molecule has 4 heteroatoms. The minimum atomic E-state index is -1.68. The van der Waals surface area contributed by atoms with Crippen LogP contribution in [-0.4, -0.2) is 8.07 Å². The van der Waals surface area contributed by atoms with Crippen molar-refractivity contribution >= 4 is 51.8 Å². The fraction of sp³-hybridized carbons (Fsp3) is 0.333. The highest BCUT2D eigenvalue weighted by molar-refractivity contribution is 6.90. The van der Waals surface area contributed by atoms with Crippen molar-refractivity contribution in [3.8, 4) is 11.3 Å². The molecule has 3 aromatic carbocycles. The molecule has 3 nitrogen and oxygen atoms in total. The normalized spacial score (nSPS) is 12.6. The number of furan rings is 1. The van der Waals surface area contributed by atoms with Crippen LogP contribution in [0.4, 0.5) is 5.69 Å². The molecule has 0 fully saturated rings. The fourth-order valence-electron chi connectivity index (χ4n) is 5.56. The topological polar surface area (TPSA) is 21.4 Å². The van der Waals surface area contributed by atoms with E-state index in [2.05, 4.69) is 101 Å². The van der Waals surface area contributed by atoms with Gasteiger partial charge in [-0.1, -0.05) is 58.6 Å². The van der Waals surface area contributed by atoms with Crippen LogP contribution in [-0.2, 0) is 12.5 Å². The van der Waals surface area contributed by atoms with Crippen LogP contribution in [0.25, 0.3) is 48.9 Å². The molecular weight excluding hydrogens is 468 g/mol. The zero-order valence-corrected chi connectivity index (χ0v) is 24.8. The van der Waals surface area contributed by atoms with E-state index in [9.17, 15) is 0 Å². The number of nitrogens with zero attached hydrogens (tertiary/aromatic N) is 2. The third kappa shape index (κ3) is 3.88. The minimum Gasteiger partial charge on any atom is -0.456 e. The Morgan fingerprint density at radius 3 is 2.14 bits per heavy atom. The molecule has 0 aliphatic heterocycles. The lowest BCUT2D eigenvalue weighted by Crippen LogP contribution is -2.43. The second-order valence-corrected chi connectivity index (χ2v) is 17.6. The van der Waals surface area contributed by atoms with E-state index in [1.807, 2.05) is 19.1 Å². The molecule has 2 heterocycles. The summed E-state index contributed by atoms with van der Waals surface area (Å²) in [6.07, 6.45) is 0.